The fraction of sp³-hybridized carbons (Fsp3) is 0.533. The van der Waals surface area contributed by atoms with E-state index in [9.17, 15) is 4.79 Å². The topological polar surface area (TPSA) is 50.4 Å². The highest BCUT2D eigenvalue weighted by Crippen LogP contribution is 2.44. The maximum absolute atomic E-state index is 12.0. The molecule has 1 aromatic carbocycles. The lowest BCUT2D eigenvalue weighted by Crippen LogP contribution is -2.41. The Morgan fingerprint density at radius 3 is 2.79 bits per heavy atom. The van der Waals surface area contributed by atoms with E-state index < -0.39 is 0 Å². The molecule has 4 nitrogen and oxygen atoms in total. The number of hydrogen-bond donors (Lipinski definition) is 2. The molecule has 1 aromatic rings. The van der Waals surface area contributed by atoms with Crippen molar-refractivity contribution in [2.24, 2.45) is 11.8 Å². The van der Waals surface area contributed by atoms with E-state index >= 15 is 0 Å². The molecule has 2 fully saturated rings. The van der Waals surface area contributed by atoms with Crippen LogP contribution >= 0.6 is 0 Å². The maximum Gasteiger partial charge on any atom is 0.319 e. The predicted molar refractivity (Wildman–Crippen MR) is 74.4 cm³/mol. The van der Waals surface area contributed by atoms with Gasteiger partial charge >= 0.3 is 6.03 Å². The number of benzene rings is 1. The Labute approximate surface area is 113 Å². The van der Waals surface area contributed by atoms with Crippen molar-refractivity contribution in [3.8, 4) is 5.75 Å². The fourth-order valence-electron chi connectivity index (χ4n) is 3.50. The maximum atomic E-state index is 12.0. The van der Waals surface area contributed by atoms with Crippen molar-refractivity contribution in [3.63, 3.8) is 0 Å². The molecule has 2 bridgehead atoms. The van der Waals surface area contributed by atoms with Crippen molar-refractivity contribution in [2.45, 2.75) is 31.7 Å². The largest absolute Gasteiger partial charge is 0.495 e. The minimum Gasteiger partial charge on any atom is -0.495 e. The molecule has 2 aliphatic rings. The first-order chi connectivity index (χ1) is 9.26. The number of rotatable bonds is 3. The van der Waals surface area contributed by atoms with Crippen LogP contribution in [0, 0.1) is 11.8 Å². The fourth-order valence-corrected chi connectivity index (χ4v) is 3.50. The van der Waals surface area contributed by atoms with Crippen LogP contribution in [0.15, 0.2) is 24.3 Å². The number of methoxy groups -OCH3 is 1. The van der Waals surface area contributed by atoms with Gasteiger partial charge in [0, 0.05) is 6.04 Å². The SMILES string of the molecule is COc1ccccc1NC(=O)N[C@@H]1C[C@@H]2CC[C@@H]1C2. The Morgan fingerprint density at radius 1 is 1.26 bits per heavy atom. The third-order valence-corrected chi connectivity index (χ3v) is 4.41. The van der Waals surface area contributed by atoms with Crippen LogP contribution in [-0.4, -0.2) is 19.2 Å². The first-order valence-corrected chi connectivity index (χ1v) is 6.97. The summed E-state index contributed by atoms with van der Waals surface area (Å²) in [5.41, 5.74) is 0.714. The Kier molecular flexibility index (Phi) is 3.32. The van der Waals surface area contributed by atoms with Crippen molar-refractivity contribution >= 4 is 11.7 Å². The van der Waals surface area contributed by atoms with Crippen LogP contribution in [0.4, 0.5) is 10.5 Å². The van der Waals surface area contributed by atoms with Gasteiger partial charge in [0.1, 0.15) is 5.75 Å². The van der Waals surface area contributed by atoms with E-state index in [1.54, 1.807) is 7.11 Å². The summed E-state index contributed by atoms with van der Waals surface area (Å²) in [5, 5.41) is 5.98. The minimum absolute atomic E-state index is 0.123. The van der Waals surface area contributed by atoms with Gasteiger partial charge in [-0.05, 0) is 43.2 Å². The summed E-state index contributed by atoms with van der Waals surface area (Å²) >= 11 is 0. The average Bonchev–Trinajstić information content (AvgIpc) is 3.01. The number of amides is 2. The van der Waals surface area contributed by atoms with Crippen molar-refractivity contribution in [2.75, 3.05) is 12.4 Å². The Bertz CT molecular complexity index is 475. The third kappa shape index (κ3) is 2.53. The number of nitrogens with one attached hydrogen (secondary N) is 2. The molecule has 4 heteroatoms. The summed E-state index contributed by atoms with van der Waals surface area (Å²) in [6, 6.07) is 7.69. The number of carbonyl (C=O) groups excluding carboxylic acids is 1. The van der Waals surface area contributed by atoms with E-state index in [2.05, 4.69) is 10.6 Å². The normalized spacial score (nSPS) is 28.2. The first-order valence-electron chi connectivity index (χ1n) is 6.97. The second-order valence-electron chi connectivity index (χ2n) is 5.58. The number of ether oxygens (including phenoxy) is 1. The molecule has 102 valence electrons. The van der Waals surface area contributed by atoms with Crippen molar-refractivity contribution in [3.05, 3.63) is 24.3 Å². The van der Waals surface area contributed by atoms with Crippen LogP contribution in [0.5, 0.6) is 5.75 Å². The van der Waals surface area contributed by atoms with Crippen LogP contribution in [0.25, 0.3) is 0 Å². The second-order valence-corrected chi connectivity index (χ2v) is 5.58. The monoisotopic (exact) mass is 260 g/mol. The Morgan fingerprint density at radius 2 is 2.11 bits per heavy atom. The van der Waals surface area contributed by atoms with Crippen LogP contribution in [0.2, 0.25) is 0 Å². The zero-order valence-corrected chi connectivity index (χ0v) is 11.2. The summed E-state index contributed by atoms with van der Waals surface area (Å²) in [4.78, 5) is 12.0. The standard InChI is InChI=1S/C15H20N2O2/c1-19-14-5-3-2-4-12(14)16-15(18)17-13-9-10-6-7-11(13)8-10/h2-5,10-11,13H,6-9H2,1H3,(H2,16,17,18)/t10-,11-,13-/m1/s1. The summed E-state index contributed by atoms with van der Waals surface area (Å²) in [5.74, 6) is 2.21. The third-order valence-electron chi connectivity index (χ3n) is 4.41. The van der Waals surface area contributed by atoms with Gasteiger partial charge < -0.3 is 15.4 Å². The highest BCUT2D eigenvalue weighted by atomic mass is 16.5. The second kappa shape index (κ2) is 5.11. The zero-order valence-electron chi connectivity index (χ0n) is 11.2. The quantitative estimate of drug-likeness (QED) is 0.877. The molecule has 3 rings (SSSR count). The molecule has 0 unspecified atom stereocenters. The summed E-state index contributed by atoms with van der Waals surface area (Å²) in [6.45, 7) is 0. The molecule has 2 aliphatic carbocycles. The molecule has 2 saturated carbocycles. The predicted octanol–water partition coefficient (Wildman–Crippen LogP) is 3.01. The number of fused-ring (bicyclic) bond motifs is 2. The van der Waals surface area contributed by atoms with Gasteiger partial charge in [0.2, 0.25) is 0 Å². The molecule has 19 heavy (non-hydrogen) atoms. The van der Waals surface area contributed by atoms with Crippen LogP contribution in [0.3, 0.4) is 0 Å². The Balaban J connectivity index is 1.59. The Hall–Kier alpha value is -1.71. The molecular formula is C15H20N2O2. The number of urea groups is 1. The molecule has 0 aromatic heterocycles. The summed E-state index contributed by atoms with van der Waals surface area (Å²) < 4.78 is 5.22. The number of hydrogen-bond acceptors (Lipinski definition) is 2. The van der Waals surface area contributed by atoms with E-state index in [0.29, 0.717) is 23.4 Å². The molecule has 0 spiro atoms. The molecule has 3 atom stereocenters. The lowest BCUT2D eigenvalue weighted by atomic mass is 9.95. The molecule has 0 radical (unpaired) electrons. The summed E-state index contributed by atoms with van der Waals surface area (Å²) in [7, 11) is 1.61. The molecule has 0 heterocycles. The molecule has 0 saturated heterocycles. The van der Waals surface area contributed by atoms with Crippen LogP contribution in [0.1, 0.15) is 25.7 Å². The van der Waals surface area contributed by atoms with Crippen LogP contribution in [-0.2, 0) is 0 Å². The van der Waals surface area contributed by atoms with Gasteiger partial charge in [-0.2, -0.15) is 0 Å². The van der Waals surface area contributed by atoms with Gasteiger partial charge in [-0.25, -0.2) is 4.79 Å². The van der Waals surface area contributed by atoms with E-state index in [-0.39, 0.29) is 6.03 Å². The van der Waals surface area contributed by atoms with Crippen molar-refractivity contribution in [1.29, 1.82) is 0 Å². The van der Waals surface area contributed by atoms with E-state index in [4.69, 9.17) is 4.74 Å². The van der Waals surface area contributed by atoms with E-state index in [1.807, 2.05) is 24.3 Å². The van der Waals surface area contributed by atoms with E-state index in [0.717, 1.165) is 12.3 Å². The average molecular weight is 260 g/mol. The summed E-state index contributed by atoms with van der Waals surface area (Å²) in [6.07, 6.45) is 5.05. The smallest absolute Gasteiger partial charge is 0.319 e. The van der Waals surface area contributed by atoms with Gasteiger partial charge in [-0.15, -0.1) is 0 Å². The molecule has 2 amide bonds. The number of carbonyl (C=O) groups is 1. The molecule has 2 N–H and O–H groups in total. The number of para-hydroxylation sites is 2. The lowest BCUT2D eigenvalue weighted by molar-refractivity contribution is 0.242. The van der Waals surface area contributed by atoms with E-state index in [1.165, 1.54) is 19.3 Å². The van der Waals surface area contributed by atoms with Crippen molar-refractivity contribution < 1.29 is 9.53 Å². The lowest BCUT2D eigenvalue weighted by Gasteiger charge is -2.23. The molecular weight excluding hydrogens is 240 g/mol. The first kappa shape index (κ1) is 12.3. The zero-order chi connectivity index (χ0) is 13.2. The highest BCUT2D eigenvalue weighted by molar-refractivity contribution is 5.91. The highest BCUT2D eigenvalue weighted by Gasteiger charge is 2.40. The van der Waals surface area contributed by atoms with Gasteiger partial charge in [0.15, 0.2) is 0 Å². The van der Waals surface area contributed by atoms with Crippen molar-refractivity contribution in [1.82, 2.24) is 5.32 Å². The minimum atomic E-state index is -0.123. The molecule has 0 aliphatic heterocycles. The number of anilines is 1. The van der Waals surface area contributed by atoms with Crippen LogP contribution < -0.4 is 15.4 Å². The van der Waals surface area contributed by atoms with Gasteiger partial charge in [0.05, 0.1) is 12.8 Å². The van der Waals surface area contributed by atoms with Gasteiger partial charge in [0.25, 0.3) is 0 Å². The van der Waals surface area contributed by atoms with Gasteiger partial charge in [-0.3, -0.25) is 0 Å². The van der Waals surface area contributed by atoms with Gasteiger partial charge in [-0.1, -0.05) is 18.6 Å².